The predicted octanol–water partition coefficient (Wildman–Crippen LogP) is 6.35. The maximum absolute atomic E-state index is 14.1. The second kappa shape index (κ2) is 18.7. The molecule has 2 aromatic heterocycles. The van der Waals surface area contributed by atoms with E-state index in [1.165, 1.54) is 42.7 Å². The maximum Gasteiger partial charge on any atom is 1.00 e. The van der Waals surface area contributed by atoms with E-state index in [4.69, 9.17) is 22.0 Å². The van der Waals surface area contributed by atoms with Gasteiger partial charge in [0.1, 0.15) is 12.1 Å². The van der Waals surface area contributed by atoms with E-state index in [-0.39, 0.29) is 91.3 Å². The van der Waals surface area contributed by atoms with Gasteiger partial charge in [0, 0.05) is 46.9 Å². The van der Waals surface area contributed by atoms with Crippen molar-refractivity contribution in [2.75, 3.05) is 11.5 Å². The fourth-order valence-electron chi connectivity index (χ4n) is 3.51. The Morgan fingerprint density at radius 3 is 1.51 bits per heavy atom. The van der Waals surface area contributed by atoms with Crippen LogP contribution in [0.4, 0.5) is 41.9 Å². The monoisotopic (exact) mass is 744 g/mol. The third-order valence-corrected chi connectivity index (χ3v) is 6.63. The molecule has 2 heterocycles. The van der Waals surface area contributed by atoms with Gasteiger partial charge in [-0.15, -0.1) is 12.1 Å². The number of rotatable bonds is 4. The SMILES string of the molecule is C.C=C(C)[B-](F)(F)F.C=C(C)c1c(N)c(-c2ccnc(F)c2)cc(C#N)c1F.N#Cc1cc(-c2ccnc(F)c2)c(N)c(Br)c1F.[K+]. The molecule has 47 heavy (non-hydrogen) atoms. The van der Waals surface area contributed by atoms with Gasteiger partial charge in [-0.3, -0.25) is 0 Å². The smallest absolute Gasteiger partial charge is 0.445 e. The number of pyridine rings is 2. The average Bonchev–Trinajstić information content (AvgIpc) is 2.96. The van der Waals surface area contributed by atoms with E-state index in [1.807, 2.05) is 0 Å². The Morgan fingerprint density at radius 2 is 1.17 bits per heavy atom. The fourth-order valence-corrected chi connectivity index (χ4v) is 3.94. The van der Waals surface area contributed by atoms with Crippen molar-refractivity contribution < 1.29 is 81.9 Å². The molecule has 6 nitrogen and oxygen atoms in total. The second-order valence-corrected chi connectivity index (χ2v) is 10.0. The van der Waals surface area contributed by atoms with Crippen LogP contribution in [-0.4, -0.2) is 16.9 Å². The van der Waals surface area contributed by atoms with Crippen molar-refractivity contribution in [1.29, 1.82) is 10.5 Å². The van der Waals surface area contributed by atoms with Crippen molar-refractivity contribution in [2.24, 2.45) is 0 Å². The van der Waals surface area contributed by atoms with Gasteiger partial charge in [0.25, 0.3) is 0 Å². The Bertz CT molecular complexity index is 1870. The molecule has 0 aliphatic rings. The summed E-state index contributed by atoms with van der Waals surface area (Å²) >= 11 is 2.98. The van der Waals surface area contributed by atoms with Gasteiger partial charge in [-0.05, 0) is 63.8 Å². The van der Waals surface area contributed by atoms with E-state index in [0.717, 1.165) is 13.0 Å². The number of benzene rings is 2. The molecule has 0 atom stereocenters. The number of halogens is 8. The molecule has 0 bridgehead atoms. The van der Waals surface area contributed by atoms with Crippen LogP contribution < -0.4 is 62.9 Å². The Labute approximate surface area is 318 Å². The molecule has 0 saturated carbocycles. The molecule has 16 heteroatoms. The topological polar surface area (TPSA) is 125 Å². The van der Waals surface area contributed by atoms with Crippen molar-refractivity contribution in [3.8, 4) is 34.4 Å². The number of hydrogen-bond acceptors (Lipinski definition) is 6. The largest absolute Gasteiger partial charge is 1.00 e. The minimum atomic E-state index is -4.75. The number of nitrogens with two attached hydrogens (primary N) is 2. The van der Waals surface area contributed by atoms with Gasteiger partial charge in [-0.1, -0.05) is 20.9 Å². The molecular formula is C31H26BBrF7KN6. The zero-order chi connectivity index (χ0) is 34.2. The zero-order valence-electron chi connectivity index (χ0n) is 24.6. The summed E-state index contributed by atoms with van der Waals surface area (Å²) in [6.45, 7) is 4.19. The van der Waals surface area contributed by atoms with Crippen molar-refractivity contribution in [1.82, 2.24) is 9.97 Å². The van der Waals surface area contributed by atoms with E-state index in [9.17, 15) is 30.5 Å². The van der Waals surface area contributed by atoms with Crippen molar-refractivity contribution >= 4 is 39.9 Å². The summed E-state index contributed by atoms with van der Waals surface area (Å²) in [7, 11) is 0. The Morgan fingerprint density at radius 1 is 0.787 bits per heavy atom. The quantitative estimate of drug-likeness (QED) is 0.109. The number of hydrogen-bond donors (Lipinski definition) is 2. The molecule has 4 aromatic rings. The molecule has 0 aliphatic heterocycles. The summed E-state index contributed by atoms with van der Waals surface area (Å²) < 4.78 is 87.4. The summed E-state index contributed by atoms with van der Waals surface area (Å²) in [6.07, 6.45) is 2.55. The van der Waals surface area contributed by atoms with Crippen molar-refractivity contribution in [3.05, 3.63) is 112 Å². The number of anilines is 2. The van der Waals surface area contributed by atoms with Gasteiger partial charge in [0.15, 0.2) is 11.6 Å². The summed E-state index contributed by atoms with van der Waals surface area (Å²) in [6, 6.07) is 11.5. The van der Waals surface area contributed by atoms with Crippen LogP contribution in [0.1, 0.15) is 38.0 Å². The Balaban J connectivity index is 0.000000728. The first kappa shape index (κ1) is 43.5. The molecule has 0 radical (unpaired) electrons. The first-order chi connectivity index (χ1) is 20.9. The molecular weight excluding hydrogens is 719 g/mol. The van der Waals surface area contributed by atoms with Gasteiger partial charge in [0.2, 0.25) is 11.9 Å². The normalized spacial score (nSPS) is 9.87. The first-order valence-electron chi connectivity index (χ1n) is 12.4. The molecule has 0 saturated heterocycles. The van der Waals surface area contributed by atoms with Crippen LogP contribution in [0, 0.1) is 46.2 Å². The number of nitrogens with zero attached hydrogens (tertiary/aromatic N) is 4. The van der Waals surface area contributed by atoms with Crippen LogP contribution >= 0.6 is 15.9 Å². The third-order valence-electron chi connectivity index (χ3n) is 5.85. The van der Waals surface area contributed by atoms with Gasteiger partial charge >= 0.3 is 58.4 Å². The maximum atomic E-state index is 14.1. The van der Waals surface area contributed by atoms with Gasteiger partial charge < -0.3 is 24.4 Å². The van der Waals surface area contributed by atoms with Crippen LogP contribution in [0.3, 0.4) is 0 Å². The van der Waals surface area contributed by atoms with Gasteiger partial charge in [-0.2, -0.15) is 19.3 Å². The van der Waals surface area contributed by atoms with E-state index in [0.29, 0.717) is 27.8 Å². The fraction of sp³-hybridized carbons (Fsp3) is 0.0968. The number of allylic oxidation sites excluding steroid dienone is 2. The summed E-state index contributed by atoms with van der Waals surface area (Å²) in [5.41, 5.74) is 13.0. The van der Waals surface area contributed by atoms with Crippen LogP contribution in [0.15, 0.2) is 71.9 Å². The Hall–Kier alpha value is -3.51. The molecule has 240 valence electrons. The third kappa shape index (κ3) is 11.3. The standard InChI is InChI=1S/C15H11F2N3.C12H6BrF2N3.C3H5BF3.CH4.K/c1-8(2)13-14(17)10(7-18)5-11(15(13)19)9-3-4-20-12(16)6-9;13-10-11(15)7(5-16)3-8(12(10)17)6-1-2-18-9(14)4-6;1-3(2)4(5,6)7;;/h3-6H,1,19H2,2H3;1-4H,17H2;1H2,2H3;1H4;/q;;-1;;+1. The molecule has 0 amide bonds. The molecule has 0 unspecified atom stereocenters. The van der Waals surface area contributed by atoms with E-state index >= 15 is 0 Å². The molecule has 0 fully saturated rings. The minimum Gasteiger partial charge on any atom is -0.445 e. The summed E-state index contributed by atoms with van der Waals surface area (Å²) in [4.78, 5) is 6.87. The molecule has 4 rings (SSSR count). The number of nitrogen functional groups attached to an aromatic ring is 2. The average molecular weight is 745 g/mol. The Kier molecular flexibility index (Phi) is 17.3. The summed E-state index contributed by atoms with van der Waals surface area (Å²) in [5, 5.41) is 17.8. The number of aromatic nitrogens is 2. The van der Waals surface area contributed by atoms with Crippen molar-refractivity contribution in [2.45, 2.75) is 21.3 Å². The van der Waals surface area contributed by atoms with Gasteiger partial charge in [-0.25, -0.2) is 18.7 Å². The second-order valence-electron chi connectivity index (χ2n) is 9.25. The number of nitriles is 2. The van der Waals surface area contributed by atoms with E-state index < -0.39 is 36.0 Å². The molecule has 2 aromatic carbocycles. The van der Waals surface area contributed by atoms with E-state index in [1.54, 1.807) is 19.1 Å². The molecule has 0 aliphatic carbocycles. The van der Waals surface area contributed by atoms with Gasteiger partial charge in [0.05, 0.1) is 21.3 Å². The zero-order valence-corrected chi connectivity index (χ0v) is 29.3. The molecule has 4 N–H and O–H groups in total. The van der Waals surface area contributed by atoms with Crippen LogP contribution in [0.25, 0.3) is 27.8 Å². The first-order valence-corrected chi connectivity index (χ1v) is 13.2. The van der Waals surface area contributed by atoms with Crippen LogP contribution in [-0.2, 0) is 0 Å². The summed E-state index contributed by atoms with van der Waals surface area (Å²) in [5.74, 6) is -2.79. The van der Waals surface area contributed by atoms with Crippen LogP contribution in [0.5, 0.6) is 0 Å². The van der Waals surface area contributed by atoms with Crippen molar-refractivity contribution in [3.63, 3.8) is 0 Å². The van der Waals surface area contributed by atoms with E-state index in [2.05, 4.69) is 39.1 Å². The minimum absolute atomic E-state index is 0. The predicted molar refractivity (Wildman–Crippen MR) is 170 cm³/mol. The van der Waals surface area contributed by atoms with Crippen LogP contribution in [0.2, 0.25) is 0 Å². The molecule has 0 spiro atoms.